The van der Waals surface area contributed by atoms with Gasteiger partial charge < -0.3 is 14.9 Å². The number of alkyl halides is 1. The van der Waals surface area contributed by atoms with E-state index in [2.05, 4.69) is 0 Å². The molecular formula is C21H33FO4. The minimum atomic E-state index is -1.61. The van der Waals surface area contributed by atoms with Gasteiger partial charge in [0.15, 0.2) is 0 Å². The Labute approximate surface area is 155 Å². The lowest BCUT2D eigenvalue weighted by molar-refractivity contribution is -0.253. The maximum absolute atomic E-state index is 16.8. The van der Waals surface area contributed by atoms with Crippen molar-refractivity contribution < 1.29 is 24.1 Å². The summed E-state index contributed by atoms with van der Waals surface area (Å²) in [7, 11) is 0. The Kier molecular flexibility index (Phi) is 4.24. The van der Waals surface area contributed by atoms with E-state index in [0.29, 0.717) is 25.7 Å². The number of carbonyl (C=O) groups excluding carboxylic acids is 1. The number of fused-ring (bicyclic) bond motifs is 5. The smallest absolute Gasteiger partial charge is 0.302 e. The molecule has 0 heterocycles. The second kappa shape index (κ2) is 5.91. The number of aliphatic hydroxyl groups excluding tert-OH is 2. The van der Waals surface area contributed by atoms with Gasteiger partial charge in [-0.1, -0.05) is 13.8 Å². The zero-order chi connectivity index (χ0) is 18.9. The summed E-state index contributed by atoms with van der Waals surface area (Å²) in [4.78, 5) is 11.3. The first-order valence-electron chi connectivity index (χ1n) is 10.3. The molecule has 0 aromatic carbocycles. The number of halogens is 1. The molecule has 2 N–H and O–H groups in total. The molecular weight excluding hydrogens is 335 g/mol. The Balaban J connectivity index is 1.65. The van der Waals surface area contributed by atoms with Crippen LogP contribution in [0.1, 0.15) is 72.1 Å². The van der Waals surface area contributed by atoms with Gasteiger partial charge in [0.05, 0.1) is 12.2 Å². The van der Waals surface area contributed by atoms with Gasteiger partial charge in [-0.2, -0.15) is 0 Å². The van der Waals surface area contributed by atoms with Crippen molar-refractivity contribution in [3.05, 3.63) is 0 Å². The van der Waals surface area contributed by atoms with Crippen LogP contribution in [0.2, 0.25) is 0 Å². The molecule has 9 atom stereocenters. The highest BCUT2D eigenvalue weighted by Crippen LogP contribution is 2.69. The van der Waals surface area contributed by atoms with Crippen LogP contribution in [-0.2, 0) is 9.53 Å². The number of rotatable bonds is 1. The summed E-state index contributed by atoms with van der Waals surface area (Å²) in [6, 6.07) is 0. The molecule has 4 aliphatic carbocycles. The van der Waals surface area contributed by atoms with Crippen LogP contribution in [0, 0.1) is 28.6 Å². The zero-order valence-electron chi connectivity index (χ0n) is 16.2. The molecule has 0 amide bonds. The summed E-state index contributed by atoms with van der Waals surface area (Å²) in [6.45, 7) is 5.49. The molecule has 5 heteroatoms. The SMILES string of the molecule is CC(=O)O[C@H]1CC[C@@]2(C)[C@@H](CC[C@H]3[C@@H]4CC[C@H](O)[C@@]4(C)C[C@H](O)[C@@]32F)C1. The summed E-state index contributed by atoms with van der Waals surface area (Å²) in [6.07, 6.45) is 4.03. The number of aliphatic hydroxyl groups is 2. The van der Waals surface area contributed by atoms with Gasteiger partial charge in [-0.05, 0) is 74.5 Å². The van der Waals surface area contributed by atoms with Crippen molar-refractivity contribution in [3.8, 4) is 0 Å². The van der Waals surface area contributed by atoms with Gasteiger partial charge in [0.1, 0.15) is 11.8 Å². The third-order valence-electron chi connectivity index (χ3n) is 8.97. The highest BCUT2D eigenvalue weighted by atomic mass is 19.1. The number of carbonyl (C=O) groups is 1. The largest absolute Gasteiger partial charge is 0.463 e. The van der Waals surface area contributed by atoms with Crippen LogP contribution in [0.3, 0.4) is 0 Å². The van der Waals surface area contributed by atoms with E-state index in [-0.39, 0.29) is 35.2 Å². The summed E-state index contributed by atoms with van der Waals surface area (Å²) in [5, 5.41) is 21.5. The summed E-state index contributed by atoms with van der Waals surface area (Å²) < 4.78 is 22.2. The topological polar surface area (TPSA) is 66.8 Å². The lowest BCUT2D eigenvalue weighted by atomic mass is 9.42. The van der Waals surface area contributed by atoms with E-state index in [0.717, 1.165) is 25.7 Å². The summed E-state index contributed by atoms with van der Waals surface area (Å²) >= 11 is 0. The number of esters is 1. The molecule has 0 saturated heterocycles. The van der Waals surface area contributed by atoms with Crippen molar-refractivity contribution in [1.82, 2.24) is 0 Å². The van der Waals surface area contributed by atoms with E-state index in [4.69, 9.17) is 4.74 Å². The second-order valence-corrected chi connectivity index (χ2v) is 10.00. The highest BCUT2D eigenvalue weighted by Gasteiger charge is 2.71. The zero-order valence-corrected chi connectivity index (χ0v) is 16.2. The van der Waals surface area contributed by atoms with Gasteiger partial charge in [0.2, 0.25) is 0 Å². The molecule has 0 aliphatic heterocycles. The van der Waals surface area contributed by atoms with Gasteiger partial charge in [0, 0.05) is 12.3 Å². The van der Waals surface area contributed by atoms with Crippen LogP contribution in [-0.4, -0.2) is 40.2 Å². The average molecular weight is 368 g/mol. The normalized spacial score (nSPS) is 56.2. The van der Waals surface area contributed by atoms with Gasteiger partial charge in [-0.25, -0.2) is 4.39 Å². The average Bonchev–Trinajstić information content (AvgIpc) is 2.84. The van der Waals surface area contributed by atoms with E-state index in [1.165, 1.54) is 6.92 Å². The van der Waals surface area contributed by atoms with Crippen molar-refractivity contribution in [3.63, 3.8) is 0 Å². The number of hydrogen-bond donors (Lipinski definition) is 2. The van der Waals surface area contributed by atoms with Crippen LogP contribution >= 0.6 is 0 Å². The summed E-state index contributed by atoms with van der Waals surface area (Å²) in [5.41, 5.74) is -2.55. The van der Waals surface area contributed by atoms with Crippen molar-refractivity contribution in [2.24, 2.45) is 28.6 Å². The highest BCUT2D eigenvalue weighted by molar-refractivity contribution is 5.66. The molecule has 26 heavy (non-hydrogen) atoms. The molecule has 4 rings (SSSR count). The first kappa shape index (κ1) is 18.7. The van der Waals surface area contributed by atoms with Crippen LogP contribution in [0.4, 0.5) is 4.39 Å². The van der Waals surface area contributed by atoms with Gasteiger partial charge in [-0.3, -0.25) is 4.79 Å². The fourth-order valence-corrected chi connectivity index (χ4v) is 7.54. The lowest BCUT2D eigenvalue weighted by Crippen LogP contribution is -2.69. The standard InChI is InChI=1S/C21H33FO4/c1-12(23)26-14-8-9-20(3)13(10-14)4-5-16-15-6-7-17(24)19(15,2)11-18(25)21(16,20)22/h13-18,24-25H,4-11H2,1-3H3/t13-,14-,15-,16-,17-,18-,19-,20-,21-/m0/s1. The Bertz CT molecular complexity index is 597. The molecule has 0 aromatic rings. The Morgan fingerprint density at radius 1 is 1.04 bits per heavy atom. The molecule has 0 bridgehead atoms. The molecule has 4 nitrogen and oxygen atoms in total. The molecule has 0 radical (unpaired) electrons. The van der Waals surface area contributed by atoms with Gasteiger partial charge in [0.25, 0.3) is 0 Å². The van der Waals surface area contributed by atoms with Crippen LogP contribution < -0.4 is 0 Å². The van der Waals surface area contributed by atoms with Gasteiger partial charge >= 0.3 is 5.97 Å². The minimum Gasteiger partial charge on any atom is -0.463 e. The van der Waals surface area contributed by atoms with E-state index in [1.54, 1.807) is 0 Å². The minimum absolute atomic E-state index is 0.120. The lowest BCUT2D eigenvalue weighted by Gasteiger charge is -2.65. The molecule has 148 valence electrons. The van der Waals surface area contributed by atoms with Crippen LogP contribution in [0.15, 0.2) is 0 Å². The molecule has 4 aliphatic rings. The van der Waals surface area contributed by atoms with Crippen LogP contribution in [0.5, 0.6) is 0 Å². The first-order chi connectivity index (χ1) is 12.1. The van der Waals surface area contributed by atoms with Crippen molar-refractivity contribution >= 4 is 5.97 Å². The second-order valence-electron chi connectivity index (χ2n) is 10.00. The Morgan fingerprint density at radius 2 is 1.73 bits per heavy atom. The van der Waals surface area contributed by atoms with Crippen molar-refractivity contribution in [2.45, 2.75) is 96.1 Å². The van der Waals surface area contributed by atoms with E-state index in [9.17, 15) is 15.0 Å². The summed E-state index contributed by atoms with van der Waals surface area (Å²) in [5.74, 6) is -0.169. The van der Waals surface area contributed by atoms with Crippen molar-refractivity contribution in [2.75, 3.05) is 0 Å². The molecule has 0 aromatic heterocycles. The Morgan fingerprint density at radius 3 is 2.42 bits per heavy atom. The van der Waals surface area contributed by atoms with E-state index in [1.807, 2.05) is 13.8 Å². The number of ether oxygens (including phenoxy) is 1. The molecule has 4 saturated carbocycles. The maximum Gasteiger partial charge on any atom is 0.302 e. The predicted molar refractivity (Wildman–Crippen MR) is 95.0 cm³/mol. The fraction of sp³-hybridized carbons (Fsp3) is 0.952. The molecule has 0 unspecified atom stereocenters. The van der Waals surface area contributed by atoms with E-state index < -0.39 is 23.3 Å². The number of hydrogen-bond acceptors (Lipinski definition) is 4. The molecule has 0 spiro atoms. The molecule has 4 fully saturated rings. The van der Waals surface area contributed by atoms with Gasteiger partial charge in [-0.15, -0.1) is 0 Å². The quantitative estimate of drug-likeness (QED) is 0.696. The fourth-order valence-electron chi connectivity index (χ4n) is 7.54. The maximum atomic E-state index is 16.8. The van der Waals surface area contributed by atoms with E-state index >= 15 is 4.39 Å². The third-order valence-corrected chi connectivity index (χ3v) is 8.97. The monoisotopic (exact) mass is 368 g/mol. The third kappa shape index (κ3) is 2.28. The Hall–Kier alpha value is -0.680. The van der Waals surface area contributed by atoms with Crippen LogP contribution in [0.25, 0.3) is 0 Å². The van der Waals surface area contributed by atoms with Crippen molar-refractivity contribution in [1.29, 1.82) is 0 Å². The predicted octanol–water partition coefficient (Wildman–Crippen LogP) is 3.38. The first-order valence-corrected chi connectivity index (χ1v) is 10.3.